The van der Waals surface area contributed by atoms with Crippen LogP contribution in [0.3, 0.4) is 0 Å². The quantitative estimate of drug-likeness (QED) is 0.566. The van der Waals surface area contributed by atoms with E-state index in [-0.39, 0.29) is 6.10 Å². The van der Waals surface area contributed by atoms with Crippen molar-refractivity contribution in [2.24, 2.45) is 22.2 Å². The van der Waals surface area contributed by atoms with Gasteiger partial charge in [0.05, 0.1) is 6.10 Å². The van der Waals surface area contributed by atoms with Gasteiger partial charge in [0.15, 0.2) is 0 Å². The molecular weight excluding hydrogens is 378 g/mol. The Morgan fingerprint density at radius 3 is 2.94 bits per heavy atom. The van der Waals surface area contributed by atoms with Crippen LogP contribution in [0.2, 0.25) is 0 Å². The molecule has 2 bridgehead atoms. The minimum Gasteiger partial charge on any atom is -0.393 e. The molecule has 0 amide bonds. The third kappa shape index (κ3) is 2.35. The molecule has 31 heavy (non-hydrogen) atoms. The first-order chi connectivity index (χ1) is 15.0. The van der Waals surface area contributed by atoms with Crippen LogP contribution in [-0.4, -0.2) is 16.2 Å². The molecule has 160 valence electrons. The Balaban J connectivity index is 1.31. The molecule has 1 aromatic carbocycles. The lowest BCUT2D eigenvalue weighted by Crippen LogP contribution is -2.46. The van der Waals surface area contributed by atoms with Crippen LogP contribution in [0.15, 0.2) is 60.0 Å². The third-order valence-corrected chi connectivity index (χ3v) is 10.5. The number of aromatic nitrogens is 1. The Morgan fingerprint density at radius 1 is 1.06 bits per heavy atom. The maximum Gasteiger partial charge on any atom is 0.0551 e. The molecular formula is C29H33NO. The van der Waals surface area contributed by atoms with E-state index in [9.17, 15) is 5.11 Å². The van der Waals surface area contributed by atoms with E-state index in [1.807, 2.05) is 12.4 Å². The van der Waals surface area contributed by atoms with E-state index in [0.29, 0.717) is 22.2 Å². The van der Waals surface area contributed by atoms with Crippen molar-refractivity contribution in [1.82, 2.24) is 4.98 Å². The lowest BCUT2D eigenvalue weighted by atomic mass is 9.50. The Kier molecular flexibility index (Phi) is 3.66. The van der Waals surface area contributed by atoms with Gasteiger partial charge in [-0.05, 0) is 115 Å². The molecule has 2 aromatic rings. The monoisotopic (exact) mass is 411 g/mol. The van der Waals surface area contributed by atoms with Crippen molar-refractivity contribution >= 4 is 10.8 Å². The second kappa shape index (κ2) is 6.10. The van der Waals surface area contributed by atoms with E-state index in [1.165, 1.54) is 54.9 Å². The zero-order chi connectivity index (χ0) is 20.8. The Hall–Kier alpha value is -1.93. The van der Waals surface area contributed by atoms with Crippen LogP contribution in [0.5, 0.6) is 0 Å². The van der Waals surface area contributed by atoms with Crippen molar-refractivity contribution < 1.29 is 5.11 Å². The van der Waals surface area contributed by atoms with Gasteiger partial charge in [0.2, 0.25) is 0 Å². The van der Waals surface area contributed by atoms with Crippen LogP contribution in [0.4, 0.5) is 0 Å². The van der Waals surface area contributed by atoms with E-state index in [4.69, 9.17) is 0 Å². The molecule has 1 aromatic heterocycles. The predicted molar refractivity (Wildman–Crippen MR) is 125 cm³/mol. The van der Waals surface area contributed by atoms with Crippen LogP contribution in [-0.2, 0) is 0 Å². The van der Waals surface area contributed by atoms with Gasteiger partial charge in [0.25, 0.3) is 0 Å². The summed E-state index contributed by atoms with van der Waals surface area (Å²) in [6, 6.07) is 9.23. The molecule has 3 fully saturated rings. The van der Waals surface area contributed by atoms with E-state index in [2.05, 4.69) is 48.3 Å². The van der Waals surface area contributed by atoms with Gasteiger partial charge in [-0.15, -0.1) is 0 Å². The van der Waals surface area contributed by atoms with E-state index in [1.54, 1.807) is 11.1 Å². The molecule has 1 heterocycles. The van der Waals surface area contributed by atoms with Crippen LogP contribution in [0, 0.1) is 22.2 Å². The summed E-state index contributed by atoms with van der Waals surface area (Å²) in [5.74, 6) is 1.40. The fourth-order valence-corrected chi connectivity index (χ4v) is 9.15. The zero-order valence-corrected chi connectivity index (χ0v) is 18.6. The number of fused-ring (bicyclic) bond motifs is 2. The Morgan fingerprint density at radius 2 is 2.00 bits per heavy atom. The molecule has 2 nitrogen and oxygen atoms in total. The van der Waals surface area contributed by atoms with Crippen LogP contribution in [0.1, 0.15) is 76.2 Å². The highest BCUT2D eigenvalue weighted by atomic mass is 16.3. The fourth-order valence-electron chi connectivity index (χ4n) is 9.15. The molecule has 7 rings (SSSR count). The summed E-state index contributed by atoms with van der Waals surface area (Å²) in [5.41, 5.74) is 5.88. The number of aliphatic hydroxyl groups is 1. The zero-order valence-electron chi connectivity index (χ0n) is 18.6. The number of rotatable bonds is 1. The highest BCUT2D eigenvalue weighted by Gasteiger charge is 2.65. The fraction of sp³-hybridized carbons (Fsp3) is 0.552. The molecule has 0 radical (unpaired) electrons. The highest BCUT2D eigenvalue weighted by Crippen LogP contribution is 2.75. The first-order valence-electron chi connectivity index (χ1n) is 12.5. The number of pyridine rings is 1. The molecule has 2 spiro atoms. The number of hydrogen-bond donors (Lipinski definition) is 1. The van der Waals surface area contributed by atoms with Crippen LogP contribution >= 0.6 is 0 Å². The van der Waals surface area contributed by atoms with Gasteiger partial charge < -0.3 is 5.11 Å². The maximum atomic E-state index is 10.5. The molecule has 0 aliphatic heterocycles. The number of benzene rings is 1. The minimum atomic E-state index is -0.0876. The second-order valence-electron chi connectivity index (χ2n) is 11.7. The van der Waals surface area contributed by atoms with Gasteiger partial charge in [-0.2, -0.15) is 0 Å². The van der Waals surface area contributed by atoms with Crippen molar-refractivity contribution in [3.8, 4) is 0 Å². The van der Waals surface area contributed by atoms with E-state index in [0.717, 1.165) is 25.2 Å². The Bertz CT molecular complexity index is 1150. The van der Waals surface area contributed by atoms with Gasteiger partial charge in [-0.1, -0.05) is 36.8 Å². The summed E-state index contributed by atoms with van der Waals surface area (Å²) < 4.78 is 0. The number of aliphatic hydroxyl groups excluding tert-OH is 1. The van der Waals surface area contributed by atoms with Crippen LogP contribution < -0.4 is 0 Å². The Labute approximate surface area is 185 Å². The van der Waals surface area contributed by atoms with Gasteiger partial charge in [-0.25, -0.2) is 0 Å². The second-order valence-corrected chi connectivity index (χ2v) is 11.7. The molecule has 6 atom stereocenters. The van der Waals surface area contributed by atoms with Crippen molar-refractivity contribution in [3.05, 3.63) is 65.5 Å². The first-order valence-corrected chi connectivity index (χ1v) is 12.5. The average Bonchev–Trinajstić information content (AvgIpc) is 3.28. The first kappa shape index (κ1) is 18.6. The summed E-state index contributed by atoms with van der Waals surface area (Å²) in [6.07, 6.45) is 20.0. The molecule has 1 unspecified atom stereocenters. The summed E-state index contributed by atoms with van der Waals surface area (Å²) in [5, 5.41) is 13.1. The van der Waals surface area contributed by atoms with Crippen molar-refractivity contribution in [2.45, 2.75) is 76.7 Å². The van der Waals surface area contributed by atoms with Crippen LogP contribution in [0.25, 0.3) is 10.8 Å². The number of allylic oxidation sites excluding steroid dienone is 4. The SMILES string of the molecule is C[C@]12CC=C3C=C4CCC(O)C[C@]45CC[C@]3(C5)[C@@H]1CC[C@@H]2c1ccc2ccncc2c1. The predicted octanol–water partition coefficient (Wildman–Crippen LogP) is 6.71. The lowest BCUT2D eigenvalue weighted by Gasteiger charge is -2.54. The summed E-state index contributed by atoms with van der Waals surface area (Å²) in [7, 11) is 0. The molecule has 5 aliphatic carbocycles. The van der Waals surface area contributed by atoms with E-state index < -0.39 is 0 Å². The largest absolute Gasteiger partial charge is 0.393 e. The van der Waals surface area contributed by atoms with E-state index >= 15 is 0 Å². The lowest BCUT2D eigenvalue weighted by molar-refractivity contribution is 0.0375. The topological polar surface area (TPSA) is 33.1 Å². The number of nitrogens with zero attached hydrogens (tertiary/aromatic N) is 1. The van der Waals surface area contributed by atoms with Gasteiger partial charge in [0, 0.05) is 17.8 Å². The van der Waals surface area contributed by atoms with Gasteiger partial charge >= 0.3 is 0 Å². The normalized spacial score (nSPS) is 43.1. The summed E-state index contributed by atoms with van der Waals surface area (Å²) >= 11 is 0. The molecule has 0 saturated heterocycles. The van der Waals surface area contributed by atoms with Gasteiger partial charge in [0.1, 0.15) is 0 Å². The van der Waals surface area contributed by atoms with Crippen molar-refractivity contribution in [3.63, 3.8) is 0 Å². The number of hydrogen-bond acceptors (Lipinski definition) is 2. The molecule has 1 N–H and O–H groups in total. The average molecular weight is 412 g/mol. The van der Waals surface area contributed by atoms with Crippen molar-refractivity contribution in [1.29, 1.82) is 0 Å². The highest BCUT2D eigenvalue weighted by molar-refractivity contribution is 5.82. The molecule has 2 heteroatoms. The smallest absolute Gasteiger partial charge is 0.0551 e. The minimum absolute atomic E-state index is 0.0876. The molecule has 3 saturated carbocycles. The summed E-state index contributed by atoms with van der Waals surface area (Å²) in [6.45, 7) is 2.60. The molecule has 5 aliphatic rings. The standard InChI is InChI=1S/C29H33NO/c1-27-10-8-23-15-22-4-5-24(31)16-28(22)11-12-29(23,18-28)26(27)7-6-25(27)20-3-2-19-9-13-30-17-21(19)14-20/h2-3,8-9,13-15,17,24-26,31H,4-7,10-12,16,18H2,1H3/t24?,25-,26-,27-,28+,29-/m1/s1. The summed E-state index contributed by atoms with van der Waals surface area (Å²) in [4.78, 5) is 4.37. The van der Waals surface area contributed by atoms with Crippen molar-refractivity contribution in [2.75, 3.05) is 0 Å². The third-order valence-electron chi connectivity index (χ3n) is 10.5. The van der Waals surface area contributed by atoms with Gasteiger partial charge in [-0.3, -0.25) is 4.98 Å². The maximum absolute atomic E-state index is 10.5.